The van der Waals surface area contributed by atoms with Gasteiger partial charge in [0.1, 0.15) is 0 Å². The molecule has 0 spiro atoms. The largest absolute Gasteiger partial charge is 0.349 e. The van der Waals surface area contributed by atoms with Crippen LogP contribution in [0.1, 0.15) is 34.5 Å². The molecule has 0 saturated carbocycles. The average Bonchev–Trinajstić information content (AvgIpc) is 2.55. The van der Waals surface area contributed by atoms with Gasteiger partial charge in [-0.2, -0.15) is 0 Å². The number of anilines is 1. The van der Waals surface area contributed by atoms with E-state index in [9.17, 15) is 9.59 Å². The van der Waals surface area contributed by atoms with Crippen molar-refractivity contribution in [1.82, 2.24) is 15.3 Å². The zero-order valence-corrected chi connectivity index (χ0v) is 14.0. The first-order valence-electron chi connectivity index (χ1n) is 8.22. The Morgan fingerprint density at radius 2 is 1.96 bits per heavy atom. The van der Waals surface area contributed by atoms with Gasteiger partial charge in [-0.25, -0.2) is 4.98 Å². The zero-order valence-electron chi connectivity index (χ0n) is 14.0. The Hall–Kier alpha value is -2.63. The molecule has 1 aromatic heterocycles. The highest BCUT2D eigenvalue weighted by Gasteiger charge is 2.23. The van der Waals surface area contributed by atoms with Crippen molar-refractivity contribution in [2.75, 3.05) is 18.0 Å². The van der Waals surface area contributed by atoms with Gasteiger partial charge in [0.15, 0.2) is 0 Å². The molecule has 6 nitrogen and oxygen atoms in total. The van der Waals surface area contributed by atoms with Crippen LogP contribution in [0.3, 0.4) is 0 Å². The van der Waals surface area contributed by atoms with Gasteiger partial charge < -0.3 is 10.2 Å². The second-order valence-corrected chi connectivity index (χ2v) is 6.26. The van der Waals surface area contributed by atoms with E-state index in [-0.39, 0.29) is 17.5 Å². The van der Waals surface area contributed by atoms with Crippen LogP contribution in [-0.2, 0) is 0 Å². The highest BCUT2D eigenvalue weighted by Crippen LogP contribution is 2.16. The Bertz CT molecular complexity index is 792. The minimum Gasteiger partial charge on any atom is -0.349 e. The normalized spacial score (nSPS) is 15.3. The summed E-state index contributed by atoms with van der Waals surface area (Å²) in [5, 5.41) is 3.11. The number of nitrogens with zero attached hydrogens (tertiary/aromatic N) is 2. The van der Waals surface area contributed by atoms with Crippen molar-refractivity contribution >= 4 is 11.9 Å². The Morgan fingerprint density at radius 1 is 1.25 bits per heavy atom. The number of amides is 1. The topological polar surface area (TPSA) is 78.1 Å². The van der Waals surface area contributed by atoms with Gasteiger partial charge in [-0.3, -0.25) is 14.6 Å². The number of H-pyrrole nitrogens is 1. The summed E-state index contributed by atoms with van der Waals surface area (Å²) in [7, 11) is 0. The number of hydrogen-bond donors (Lipinski definition) is 2. The lowest BCUT2D eigenvalue weighted by molar-refractivity contribution is 0.0930. The molecule has 0 atom stereocenters. The number of carbonyl (C=O) groups is 1. The average molecular weight is 326 g/mol. The summed E-state index contributed by atoms with van der Waals surface area (Å²) in [6.07, 6.45) is 1.66. The molecule has 6 heteroatoms. The maximum absolute atomic E-state index is 12.4. The van der Waals surface area contributed by atoms with E-state index >= 15 is 0 Å². The smallest absolute Gasteiger partial charge is 0.252 e. The fourth-order valence-electron chi connectivity index (χ4n) is 3.04. The van der Waals surface area contributed by atoms with E-state index in [4.69, 9.17) is 0 Å². The van der Waals surface area contributed by atoms with E-state index in [2.05, 4.69) is 20.2 Å². The quantitative estimate of drug-likeness (QED) is 0.901. The standard InChI is InChI=1S/C18H22N4O2/c1-12-5-3-4-6-15(12)17(24)20-14-7-9-22(10-8-14)18-19-13(2)11-16(23)21-18/h3-6,11,14H,7-10H2,1-2H3,(H,20,24)(H,19,21,23). The molecule has 0 aliphatic carbocycles. The van der Waals surface area contributed by atoms with Gasteiger partial charge in [0, 0.05) is 36.5 Å². The summed E-state index contributed by atoms with van der Waals surface area (Å²) < 4.78 is 0. The highest BCUT2D eigenvalue weighted by atomic mass is 16.1. The van der Waals surface area contributed by atoms with Crippen LogP contribution in [0.5, 0.6) is 0 Å². The number of aromatic nitrogens is 2. The first kappa shape index (κ1) is 16.2. The predicted molar refractivity (Wildman–Crippen MR) is 93.5 cm³/mol. The highest BCUT2D eigenvalue weighted by molar-refractivity contribution is 5.95. The molecule has 126 valence electrons. The minimum atomic E-state index is -0.132. The van der Waals surface area contributed by atoms with E-state index in [1.165, 1.54) is 6.07 Å². The molecule has 2 N–H and O–H groups in total. The third-order valence-electron chi connectivity index (χ3n) is 4.38. The summed E-state index contributed by atoms with van der Waals surface area (Å²) in [6, 6.07) is 9.23. The van der Waals surface area contributed by atoms with Crippen LogP contribution in [-0.4, -0.2) is 35.0 Å². The summed E-state index contributed by atoms with van der Waals surface area (Å²) in [5.41, 5.74) is 2.29. The predicted octanol–water partition coefficient (Wildman–Crippen LogP) is 1.79. The Morgan fingerprint density at radius 3 is 2.62 bits per heavy atom. The van der Waals surface area contributed by atoms with E-state index < -0.39 is 0 Å². The number of carbonyl (C=O) groups excluding carboxylic acids is 1. The summed E-state index contributed by atoms with van der Waals surface area (Å²) in [5.74, 6) is 0.595. The lowest BCUT2D eigenvalue weighted by Gasteiger charge is -2.32. The van der Waals surface area contributed by atoms with Gasteiger partial charge in [-0.1, -0.05) is 18.2 Å². The molecule has 1 aromatic carbocycles. The maximum atomic E-state index is 12.4. The second-order valence-electron chi connectivity index (χ2n) is 6.26. The maximum Gasteiger partial charge on any atom is 0.252 e. The van der Waals surface area contributed by atoms with Crippen LogP contribution in [0.2, 0.25) is 0 Å². The number of aromatic amines is 1. The molecule has 1 aliphatic heterocycles. The van der Waals surface area contributed by atoms with Gasteiger partial charge in [0.25, 0.3) is 11.5 Å². The van der Waals surface area contributed by atoms with E-state index in [0.29, 0.717) is 11.6 Å². The monoisotopic (exact) mass is 326 g/mol. The summed E-state index contributed by atoms with van der Waals surface area (Å²) in [6.45, 7) is 5.27. The first-order valence-corrected chi connectivity index (χ1v) is 8.22. The van der Waals surface area contributed by atoms with Crippen molar-refractivity contribution in [2.45, 2.75) is 32.7 Å². The van der Waals surface area contributed by atoms with Crippen molar-refractivity contribution in [1.29, 1.82) is 0 Å². The molecule has 1 saturated heterocycles. The van der Waals surface area contributed by atoms with Crippen molar-refractivity contribution in [3.63, 3.8) is 0 Å². The molecule has 1 aliphatic rings. The number of piperidine rings is 1. The van der Waals surface area contributed by atoms with E-state index in [0.717, 1.165) is 37.1 Å². The van der Waals surface area contributed by atoms with E-state index in [1.807, 2.05) is 38.1 Å². The summed E-state index contributed by atoms with van der Waals surface area (Å²) in [4.78, 5) is 33.2. The fourth-order valence-corrected chi connectivity index (χ4v) is 3.04. The molecular formula is C18H22N4O2. The molecule has 0 bridgehead atoms. The van der Waals surface area contributed by atoms with Crippen LogP contribution < -0.4 is 15.8 Å². The van der Waals surface area contributed by atoms with Crippen molar-refractivity contribution in [2.24, 2.45) is 0 Å². The lowest BCUT2D eigenvalue weighted by atomic mass is 10.0. The van der Waals surface area contributed by atoms with Gasteiger partial charge in [-0.15, -0.1) is 0 Å². The van der Waals surface area contributed by atoms with Crippen LogP contribution >= 0.6 is 0 Å². The minimum absolute atomic E-state index is 0.0198. The van der Waals surface area contributed by atoms with Crippen molar-refractivity contribution < 1.29 is 4.79 Å². The summed E-state index contributed by atoms with van der Waals surface area (Å²) >= 11 is 0. The van der Waals surface area contributed by atoms with Crippen LogP contribution in [0, 0.1) is 13.8 Å². The molecule has 0 unspecified atom stereocenters. The molecule has 2 heterocycles. The Balaban J connectivity index is 1.60. The molecule has 0 radical (unpaired) electrons. The molecule has 24 heavy (non-hydrogen) atoms. The Kier molecular flexibility index (Phi) is 4.64. The first-order chi connectivity index (χ1) is 11.5. The van der Waals surface area contributed by atoms with Crippen LogP contribution in [0.25, 0.3) is 0 Å². The van der Waals surface area contributed by atoms with Crippen LogP contribution in [0.15, 0.2) is 35.1 Å². The third-order valence-corrected chi connectivity index (χ3v) is 4.38. The van der Waals surface area contributed by atoms with Gasteiger partial charge >= 0.3 is 0 Å². The van der Waals surface area contributed by atoms with Gasteiger partial charge in [0.05, 0.1) is 0 Å². The van der Waals surface area contributed by atoms with Crippen LogP contribution in [0.4, 0.5) is 5.95 Å². The molecule has 1 fully saturated rings. The molecule has 3 rings (SSSR count). The number of rotatable bonds is 3. The number of aryl methyl sites for hydroxylation is 2. The van der Waals surface area contributed by atoms with Gasteiger partial charge in [-0.05, 0) is 38.3 Å². The van der Waals surface area contributed by atoms with E-state index in [1.54, 1.807) is 0 Å². The fraction of sp³-hybridized carbons (Fsp3) is 0.389. The van der Waals surface area contributed by atoms with Gasteiger partial charge in [0.2, 0.25) is 5.95 Å². The van der Waals surface area contributed by atoms with Crippen molar-refractivity contribution in [3.05, 3.63) is 57.5 Å². The zero-order chi connectivity index (χ0) is 17.1. The number of benzene rings is 1. The number of nitrogens with one attached hydrogen (secondary N) is 2. The third kappa shape index (κ3) is 3.64. The lowest BCUT2D eigenvalue weighted by Crippen LogP contribution is -2.45. The second kappa shape index (κ2) is 6.86. The molecule has 1 amide bonds. The number of hydrogen-bond acceptors (Lipinski definition) is 4. The molecule has 2 aromatic rings. The van der Waals surface area contributed by atoms with Crippen molar-refractivity contribution in [3.8, 4) is 0 Å². The Labute approximate surface area is 140 Å². The molecular weight excluding hydrogens is 304 g/mol. The SMILES string of the molecule is Cc1cc(=O)[nH]c(N2CCC(NC(=O)c3ccccc3C)CC2)n1.